The quantitative estimate of drug-likeness (QED) is 0.602. The van der Waals surface area contributed by atoms with E-state index in [1.165, 1.54) is 17.4 Å². The van der Waals surface area contributed by atoms with Gasteiger partial charge in [-0.25, -0.2) is 4.39 Å². The third kappa shape index (κ3) is 6.54. The zero-order chi connectivity index (χ0) is 22.2. The Morgan fingerprint density at radius 1 is 1.06 bits per heavy atom. The minimum absolute atomic E-state index is 0.0489. The van der Waals surface area contributed by atoms with Gasteiger partial charge in [-0.3, -0.25) is 9.59 Å². The Morgan fingerprint density at radius 3 is 2.39 bits per heavy atom. The number of nitrogens with zero attached hydrogens (tertiary/aromatic N) is 1. The number of halogens is 2. The van der Waals surface area contributed by atoms with E-state index in [0.29, 0.717) is 17.0 Å². The smallest absolute Gasteiger partial charge is 0.242 e. The van der Waals surface area contributed by atoms with Gasteiger partial charge in [-0.1, -0.05) is 67.3 Å². The van der Waals surface area contributed by atoms with E-state index in [-0.39, 0.29) is 36.6 Å². The van der Waals surface area contributed by atoms with Crippen LogP contribution >= 0.6 is 11.6 Å². The molecule has 2 aromatic carbocycles. The number of amides is 2. The molecule has 2 amide bonds. The van der Waals surface area contributed by atoms with Crippen LogP contribution in [0.5, 0.6) is 0 Å². The van der Waals surface area contributed by atoms with Crippen molar-refractivity contribution in [1.29, 1.82) is 0 Å². The molecule has 0 bridgehead atoms. The molecule has 4 nitrogen and oxygen atoms in total. The fourth-order valence-electron chi connectivity index (χ4n) is 4.05. The molecule has 1 N–H and O–H groups in total. The van der Waals surface area contributed by atoms with Crippen LogP contribution in [0.2, 0.25) is 5.02 Å². The number of hydrogen-bond acceptors (Lipinski definition) is 2. The monoisotopic (exact) mass is 444 g/mol. The highest BCUT2D eigenvalue weighted by Crippen LogP contribution is 2.20. The van der Waals surface area contributed by atoms with Crippen LogP contribution in [-0.4, -0.2) is 28.8 Å². The van der Waals surface area contributed by atoms with Crippen LogP contribution in [0.4, 0.5) is 4.39 Å². The molecule has 166 valence electrons. The molecule has 0 unspecified atom stereocenters. The molecule has 1 aliphatic carbocycles. The lowest BCUT2D eigenvalue weighted by atomic mass is 9.95. The fraction of sp³-hybridized carbons (Fsp3) is 0.440. The number of carbonyl (C=O) groups is 2. The van der Waals surface area contributed by atoms with Crippen molar-refractivity contribution < 1.29 is 14.0 Å². The molecule has 0 radical (unpaired) electrons. The predicted octanol–water partition coefficient (Wildman–Crippen LogP) is 5.28. The maximum Gasteiger partial charge on any atom is 0.242 e. The van der Waals surface area contributed by atoms with Crippen LogP contribution < -0.4 is 5.32 Å². The first kappa shape index (κ1) is 23.3. The van der Waals surface area contributed by atoms with Gasteiger partial charge in [-0.05, 0) is 43.9 Å². The van der Waals surface area contributed by atoms with Gasteiger partial charge in [-0.15, -0.1) is 0 Å². The summed E-state index contributed by atoms with van der Waals surface area (Å²) in [5, 5.41) is 3.70. The number of hydrogen-bond donors (Lipinski definition) is 1. The normalized spacial score (nSPS) is 15.3. The lowest BCUT2D eigenvalue weighted by Crippen LogP contribution is -2.50. The fourth-order valence-corrected chi connectivity index (χ4v) is 4.28. The molecule has 0 aliphatic heterocycles. The summed E-state index contributed by atoms with van der Waals surface area (Å²) in [5.41, 5.74) is 1.27. The van der Waals surface area contributed by atoms with Gasteiger partial charge in [0.05, 0.1) is 0 Å². The molecular weight excluding hydrogens is 415 g/mol. The van der Waals surface area contributed by atoms with Crippen LogP contribution in [0.25, 0.3) is 0 Å². The second-order valence-electron chi connectivity index (χ2n) is 8.22. The van der Waals surface area contributed by atoms with Crippen molar-refractivity contribution in [1.82, 2.24) is 10.2 Å². The van der Waals surface area contributed by atoms with Gasteiger partial charge in [-0.2, -0.15) is 0 Å². The Kier molecular flexibility index (Phi) is 8.47. The SMILES string of the molecule is C[C@@H](C(=O)NC1CCCCC1)N(Cc1ccccc1F)C(=O)CCc1ccccc1Cl. The minimum Gasteiger partial charge on any atom is -0.352 e. The van der Waals surface area contributed by atoms with E-state index < -0.39 is 6.04 Å². The first-order chi connectivity index (χ1) is 15.0. The summed E-state index contributed by atoms with van der Waals surface area (Å²) in [6.45, 7) is 1.76. The number of carbonyl (C=O) groups excluding carboxylic acids is 2. The first-order valence-electron chi connectivity index (χ1n) is 11.0. The largest absolute Gasteiger partial charge is 0.352 e. The van der Waals surface area contributed by atoms with E-state index in [2.05, 4.69) is 5.32 Å². The summed E-state index contributed by atoms with van der Waals surface area (Å²) in [4.78, 5) is 27.6. The van der Waals surface area contributed by atoms with Gasteiger partial charge in [0.25, 0.3) is 0 Å². The van der Waals surface area contributed by atoms with Crippen molar-refractivity contribution in [2.45, 2.75) is 70.5 Å². The molecule has 0 aromatic heterocycles. The third-order valence-corrected chi connectivity index (χ3v) is 6.35. The van der Waals surface area contributed by atoms with Gasteiger partial charge in [0.1, 0.15) is 11.9 Å². The molecule has 1 saturated carbocycles. The second-order valence-corrected chi connectivity index (χ2v) is 8.63. The van der Waals surface area contributed by atoms with Crippen LogP contribution in [0.1, 0.15) is 56.6 Å². The van der Waals surface area contributed by atoms with Gasteiger partial charge in [0.2, 0.25) is 11.8 Å². The minimum atomic E-state index is -0.694. The zero-order valence-electron chi connectivity index (χ0n) is 17.9. The van der Waals surface area contributed by atoms with E-state index in [1.54, 1.807) is 31.2 Å². The average Bonchev–Trinajstić information content (AvgIpc) is 2.78. The van der Waals surface area contributed by atoms with Crippen molar-refractivity contribution >= 4 is 23.4 Å². The number of rotatable bonds is 8. The first-order valence-corrected chi connectivity index (χ1v) is 11.4. The lowest BCUT2D eigenvalue weighted by molar-refractivity contribution is -0.141. The van der Waals surface area contributed by atoms with Gasteiger partial charge in [0.15, 0.2) is 0 Å². The maximum absolute atomic E-state index is 14.3. The third-order valence-electron chi connectivity index (χ3n) is 5.98. The Morgan fingerprint density at radius 2 is 1.71 bits per heavy atom. The summed E-state index contributed by atoms with van der Waals surface area (Å²) in [7, 11) is 0. The summed E-state index contributed by atoms with van der Waals surface area (Å²) in [5.74, 6) is -0.768. The van der Waals surface area contributed by atoms with Crippen molar-refractivity contribution in [3.05, 3.63) is 70.5 Å². The molecule has 3 rings (SSSR count). The molecule has 1 aliphatic rings. The van der Waals surface area contributed by atoms with Crippen LogP contribution in [-0.2, 0) is 22.6 Å². The Balaban J connectivity index is 1.72. The van der Waals surface area contributed by atoms with Crippen molar-refractivity contribution in [3.8, 4) is 0 Å². The highest BCUT2D eigenvalue weighted by molar-refractivity contribution is 6.31. The molecular formula is C25H30ClFN2O2. The number of aryl methyl sites for hydroxylation is 1. The van der Waals surface area contributed by atoms with E-state index in [9.17, 15) is 14.0 Å². The summed E-state index contributed by atoms with van der Waals surface area (Å²) in [6, 6.07) is 13.2. The molecule has 1 atom stereocenters. The highest BCUT2D eigenvalue weighted by Gasteiger charge is 2.28. The van der Waals surface area contributed by atoms with E-state index >= 15 is 0 Å². The average molecular weight is 445 g/mol. The molecule has 0 heterocycles. The molecule has 2 aromatic rings. The van der Waals surface area contributed by atoms with E-state index in [4.69, 9.17) is 11.6 Å². The summed E-state index contributed by atoms with van der Waals surface area (Å²) < 4.78 is 14.3. The lowest BCUT2D eigenvalue weighted by Gasteiger charge is -2.31. The Labute approximate surface area is 188 Å². The molecule has 0 spiro atoms. The Hall–Kier alpha value is -2.40. The van der Waals surface area contributed by atoms with Gasteiger partial charge in [0, 0.05) is 29.6 Å². The standard InChI is InChI=1S/C25H30ClFN2O2/c1-18(25(31)28-21-11-3-2-4-12-21)29(17-20-10-6-8-14-23(20)27)24(30)16-15-19-9-5-7-13-22(19)26/h5-10,13-14,18,21H,2-4,11-12,15-17H2,1H3,(H,28,31)/t18-/m0/s1. The summed E-state index contributed by atoms with van der Waals surface area (Å²) >= 11 is 6.22. The molecule has 31 heavy (non-hydrogen) atoms. The maximum atomic E-state index is 14.3. The van der Waals surface area contributed by atoms with Crippen molar-refractivity contribution in [3.63, 3.8) is 0 Å². The summed E-state index contributed by atoms with van der Waals surface area (Å²) in [6.07, 6.45) is 5.99. The van der Waals surface area contributed by atoms with Crippen LogP contribution in [0, 0.1) is 5.82 Å². The van der Waals surface area contributed by atoms with Crippen molar-refractivity contribution in [2.75, 3.05) is 0 Å². The van der Waals surface area contributed by atoms with Crippen LogP contribution in [0.15, 0.2) is 48.5 Å². The van der Waals surface area contributed by atoms with Gasteiger partial charge >= 0.3 is 0 Å². The number of benzene rings is 2. The predicted molar refractivity (Wildman–Crippen MR) is 121 cm³/mol. The molecule has 6 heteroatoms. The molecule has 0 saturated heterocycles. The van der Waals surface area contributed by atoms with Crippen LogP contribution in [0.3, 0.4) is 0 Å². The number of nitrogens with one attached hydrogen (secondary N) is 1. The highest BCUT2D eigenvalue weighted by atomic mass is 35.5. The Bertz CT molecular complexity index is 899. The second kappa shape index (κ2) is 11.3. The zero-order valence-corrected chi connectivity index (χ0v) is 18.7. The van der Waals surface area contributed by atoms with Gasteiger partial charge < -0.3 is 10.2 Å². The van der Waals surface area contributed by atoms with Crippen molar-refractivity contribution in [2.24, 2.45) is 0 Å². The topological polar surface area (TPSA) is 49.4 Å². The van der Waals surface area contributed by atoms with E-state index in [0.717, 1.165) is 31.2 Å². The van der Waals surface area contributed by atoms with E-state index in [1.807, 2.05) is 18.2 Å². The molecule has 1 fully saturated rings.